The van der Waals surface area contributed by atoms with E-state index in [-0.39, 0.29) is 24.3 Å². The topological polar surface area (TPSA) is 90.5 Å². The molecule has 1 aliphatic rings. The second kappa shape index (κ2) is 6.70. The summed E-state index contributed by atoms with van der Waals surface area (Å²) in [6.07, 6.45) is 0.232. The fraction of sp³-hybridized carbons (Fsp3) is 0.471. The number of primary amides is 1. The molecular formula is C17H22N4O3. The number of ether oxygens (including phenoxy) is 1. The van der Waals surface area contributed by atoms with Gasteiger partial charge in [0.1, 0.15) is 12.4 Å². The smallest absolute Gasteiger partial charge is 0.261 e. The summed E-state index contributed by atoms with van der Waals surface area (Å²) < 4.78 is 7.12. The van der Waals surface area contributed by atoms with E-state index < -0.39 is 5.91 Å². The number of rotatable bonds is 4. The zero-order chi connectivity index (χ0) is 17.3. The van der Waals surface area contributed by atoms with E-state index in [0.29, 0.717) is 23.3 Å². The molecule has 2 N–H and O–H groups in total. The first-order valence-corrected chi connectivity index (χ1v) is 8.08. The van der Waals surface area contributed by atoms with Gasteiger partial charge in [0.2, 0.25) is 5.91 Å². The van der Waals surface area contributed by atoms with Crippen molar-refractivity contribution in [1.29, 1.82) is 0 Å². The van der Waals surface area contributed by atoms with Crippen molar-refractivity contribution in [2.45, 2.75) is 39.1 Å². The second-order valence-corrected chi connectivity index (χ2v) is 6.35. The van der Waals surface area contributed by atoms with Crippen molar-refractivity contribution >= 4 is 16.8 Å². The summed E-state index contributed by atoms with van der Waals surface area (Å²) in [6.45, 7) is 5.86. The third-order valence-electron chi connectivity index (χ3n) is 4.11. The van der Waals surface area contributed by atoms with Crippen LogP contribution in [0.25, 0.3) is 10.9 Å². The quantitative estimate of drug-likeness (QED) is 0.881. The molecule has 24 heavy (non-hydrogen) atoms. The maximum absolute atomic E-state index is 12.7. The molecule has 128 valence electrons. The van der Waals surface area contributed by atoms with Crippen molar-refractivity contribution in [1.82, 2.24) is 14.5 Å². The number of benzene rings is 1. The zero-order valence-corrected chi connectivity index (χ0v) is 13.9. The molecule has 0 spiro atoms. The Balaban J connectivity index is 2.01. The van der Waals surface area contributed by atoms with Gasteiger partial charge in [-0.25, -0.2) is 4.98 Å². The minimum absolute atomic E-state index is 0.116. The Morgan fingerprint density at radius 2 is 1.96 bits per heavy atom. The molecule has 1 aliphatic heterocycles. The number of aromatic nitrogens is 2. The van der Waals surface area contributed by atoms with E-state index in [2.05, 4.69) is 9.88 Å². The highest BCUT2D eigenvalue weighted by molar-refractivity contribution is 5.78. The number of nitrogens with zero attached hydrogens (tertiary/aromatic N) is 3. The lowest BCUT2D eigenvalue weighted by molar-refractivity contribution is -0.118. The summed E-state index contributed by atoms with van der Waals surface area (Å²) in [7, 11) is 0. The van der Waals surface area contributed by atoms with E-state index in [1.807, 2.05) is 19.9 Å². The Hall–Kier alpha value is -2.25. The fourth-order valence-corrected chi connectivity index (χ4v) is 3.27. The predicted molar refractivity (Wildman–Crippen MR) is 90.5 cm³/mol. The number of fused-ring (bicyclic) bond motifs is 1. The highest BCUT2D eigenvalue weighted by atomic mass is 16.5. The van der Waals surface area contributed by atoms with Gasteiger partial charge in [0.25, 0.3) is 5.56 Å². The van der Waals surface area contributed by atoms with Gasteiger partial charge < -0.3 is 10.5 Å². The van der Waals surface area contributed by atoms with Gasteiger partial charge in [-0.1, -0.05) is 12.1 Å². The maximum Gasteiger partial charge on any atom is 0.261 e. The lowest BCUT2D eigenvalue weighted by Gasteiger charge is -2.35. The van der Waals surface area contributed by atoms with E-state index in [0.717, 1.165) is 13.1 Å². The molecule has 2 atom stereocenters. The number of morpholine rings is 1. The monoisotopic (exact) mass is 330 g/mol. The lowest BCUT2D eigenvalue weighted by Crippen LogP contribution is -2.46. The molecule has 2 aromatic rings. The average molecular weight is 330 g/mol. The van der Waals surface area contributed by atoms with Crippen LogP contribution in [0, 0.1) is 0 Å². The number of hydrogen-bond acceptors (Lipinski definition) is 5. The molecule has 7 nitrogen and oxygen atoms in total. The number of para-hydroxylation sites is 1. The molecule has 1 aromatic carbocycles. The summed E-state index contributed by atoms with van der Waals surface area (Å²) in [6, 6.07) is 7.14. The van der Waals surface area contributed by atoms with Crippen molar-refractivity contribution in [2.24, 2.45) is 5.73 Å². The number of nitrogens with two attached hydrogens (primary N) is 1. The Morgan fingerprint density at radius 1 is 1.29 bits per heavy atom. The first kappa shape index (κ1) is 16.6. The van der Waals surface area contributed by atoms with Gasteiger partial charge in [-0.15, -0.1) is 0 Å². The van der Waals surface area contributed by atoms with Crippen molar-refractivity contribution in [2.75, 3.05) is 13.1 Å². The molecule has 0 unspecified atom stereocenters. The number of carbonyl (C=O) groups excluding carboxylic acids is 1. The first-order chi connectivity index (χ1) is 11.4. The van der Waals surface area contributed by atoms with Crippen LogP contribution in [-0.4, -0.2) is 45.7 Å². The second-order valence-electron chi connectivity index (χ2n) is 6.35. The highest BCUT2D eigenvalue weighted by Crippen LogP contribution is 2.15. The van der Waals surface area contributed by atoms with Crippen molar-refractivity contribution in [3.05, 3.63) is 40.4 Å². The molecular weight excluding hydrogens is 308 g/mol. The van der Waals surface area contributed by atoms with Crippen LogP contribution < -0.4 is 11.3 Å². The van der Waals surface area contributed by atoms with E-state index in [4.69, 9.17) is 10.5 Å². The molecule has 7 heteroatoms. The Bertz CT molecular complexity index is 807. The van der Waals surface area contributed by atoms with Gasteiger partial charge >= 0.3 is 0 Å². The zero-order valence-electron chi connectivity index (χ0n) is 13.9. The van der Waals surface area contributed by atoms with Gasteiger partial charge in [0.15, 0.2) is 0 Å². The van der Waals surface area contributed by atoms with Gasteiger partial charge in [0, 0.05) is 13.1 Å². The molecule has 1 fully saturated rings. The predicted octanol–water partition coefficient (Wildman–Crippen LogP) is 0.491. The SMILES string of the molecule is C[C@@H]1CN(Cc2nc3ccccc3c(=O)n2CC(N)=O)C[C@H](C)O1. The number of carbonyl (C=O) groups is 1. The van der Waals surface area contributed by atoms with E-state index in [1.54, 1.807) is 18.2 Å². The molecule has 0 aliphatic carbocycles. The normalized spacial score (nSPS) is 21.9. The molecule has 1 amide bonds. The molecule has 2 heterocycles. The van der Waals surface area contributed by atoms with Gasteiger partial charge in [-0.05, 0) is 26.0 Å². The van der Waals surface area contributed by atoms with Crippen molar-refractivity contribution < 1.29 is 9.53 Å². The van der Waals surface area contributed by atoms with Gasteiger partial charge in [-0.3, -0.25) is 19.1 Å². The van der Waals surface area contributed by atoms with Gasteiger partial charge in [-0.2, -0.15) is 0 Å². The van der Waals surface area contributed by atoms with Crippen molar-refractivity contribution in [3.63, 3.8) is 0 Å². The fourth-order valence-electron chi connectivity index (χ4n) is 3.27. The highest BCUT2D eigenvalue weighted by Gasteiger charge is 2.24. The van der Waals surface area contributed by atoms with Crippen LogP contribution in [0.15, 0.2) is 29.1 Å². The molecule has 1 aromatic heterocycles. The van der Waals surface area contributed by atoms with E-state index in [9.17, 15) is 9.59 Å². The Kier molecular flexibility index (Phi) is 4.64. The number of hydrogen-bond donors (Lipinski definition) is 1. The summed E-state index contributed by atoms with van der Waals surface area (Å²) in [5, 5.41) is 0.492. The number of amides is 1. The minimum Gasteiger partial charge on any atom is -0.373 e. The maximum atomic E-state index is 12.7. The van der Waals surface area contributed by atoms with Crippen LogP contribution >= 0.6 is 0 Å². The molecule has 0 radical (unpaired) electrons. The van der Waals surface area contributed by atoms with Crippen LogP contribution in [-0.2, 0) is 22.6 Å². The van der Waals surface area contributed by atoms with Crippen LogP contribution in [0.3, 0.4) is 0 Å². The third-order valence-corrected chi connectivity index (χ3v) is 4.11. The lowest BCUT2D eigenvalue weighted by atomic mass is 10.2. The largest absolute Gasteiger partial charge is 0.373 e. The van der Waals surface area contributed by atoms with Crippen LogP contribution in [0.5, 0.6) is 0 Å². The first-order valence-electron chi connectivity index (χ1n) is 8.08. The third kappa shape index (κ3) is 3.47. The molecule has 0 bridgehead atoms. The molecule has 0 saturated carbocycles. The summed E-state index contributed by atoms with van der Waals surface area (Å²) in [4.78, 5) is 30.9. The van der Waals surface area contributed by atoms with E-state index in [1.165, 1.54) is 4.57 Å². The van der Waals surface area contributed by atoms with Crippen molar-refractivity contribution in [3.8, 4) is 0 Å². The Labute approximate surface area is 140 Å². The van der Waals surface area contributed by atoms with Gasteiger partial charge in [0.05, 0.1) is 29.7 Å². The van der Waals surface area contributed by atoms with Crippen LogP contribution in [0.2, 0.25) is 0 Å². The van der Waals surface area contributed by atoms with Crippen LogP contribution in [0.4, 0.5) is 0 Å². The van der Waals surface area contributed by atoms with Crippen LogP contribution in [0.1, 0.15) is 19.7 Å². The summed E-state index contributed by atoms with van der Waals surface area (Å²) in [5.74, 6) is -0.00190. The Morgan fingerprint density at radius 3 is 2.62 bits per heavy atom. The standard InChI is InChI=1S/C17H22N4O3/c1-11-7-20(8-12(2)24-11)10-16-19-14-6-4-3-5-13(14)17(23)21(16)9-15(18)22/h3-6,11-12H,7-10H2,1-2H3,(H2,18,22)/t11-,12+. The molecule has 3 rings (SSSR count). The minimum atomic E-state index is -0.556. The summed E-state index contributed by atoms with van der Waals surface area (Å²) >= 11 is 0. The average Bonchev–Trinajstić information content (AvgIpc) is 2.50. The summed E-state index contributed by atoms with van der Waals surface area (Å²) in [5.41, 5.74) is 5.72. The molecule has 1 saturated heterocycles. The van der Waals surface area contributed by atoms with E-state index >= 15 is 0 Å².